The van der Waals surface area contributed by atoms with E-state index < -0.39 is 30.1 Å². The van der Waals surface area contributed by atoms with Crippen molar-refractivity contribution in [3.05, 3.63) is 42.2 Å². The van der Waals surface area contributed by atoms with Crippen LogP contribution in [0.25, 0.3) is 5.69 Å². The van der Waals surface area contributed by atoms with Crippen LogP contribution in [0.15, 0.2) is 36.7 Å². The Kier molecular flexibility index (Phi) is 3.80. The van der Waals surface area contributed by atoms with Gasteiger partial charge >= 0.3 is 13.3 Å². The molecule has 0 aliphatic carbocycles. The molecule has 0 radical (unpaired) electrons. The highest BCUT2D eigenvalue weighted by Crippen LogP contribution is 2.36. The number of halogens is 3. The number of nitrogens with zero attached hydrogens (tertiary/aromatic N) is 2. The molecule has 0 saturated carbocycles. The number of rotatable bonds is 2. The summed E-state index contributed by atoms with van der Waals surface area (Å²) in [5, 5.41) is 4.19. The van der Waals surface area contributed by atoms with Crippen LogP contribution in [0.3, 0.4) is 0 Å². The van der Waals surface area contributed by atoms with Gasteiger partial charge in [-0.05, 0) is 52.0 Å². The van der Waals surface area contributed by atoms with E-state index in [1.54, 1.807) is 12.4 Å². The topological polar surface area (TPSA) is 36.3 Å². The molecule has 1 saturated heterocycles. The van der Waals surface area contributed by atoms with Crippen LogP contribution in [0.4, 0.5) is 13.2 Å². The highest BCUT2D eigenvalue weighted by Gasteiger charge is 2.52. The third-order valence-corrected chi connectivity index (χ3v) is 4.59. The zero-order chi connectivity index (χ0) is 17.8. The largest absolute Gasteiger partial charge is 0.498 e. The lowest BCUT2D eigenvalue weighted by Gasteiger charge is -2.32. The first-order chi connectivity index (χ1) is 11.0. The Balaban J connectivity index is 1.82. The smallest absolute Gasteiger partial charge is 0.399 e. The fourth-order valence-corrected chi connectivity index (χ4v) is 2.38. The first-order valence-electron chi connectivity index (χ1n) is 7.57. The molecule has 24 heavy (non-hydrogen) atoms. The molecule has 3 rings (SSSR count). The van der Waals surface area contributed by atoms with Gasteiger partial charge in [0.1, 0.15) is 0 Å². The summed E-state index contributed by atoms with van der Waals surface area (Å²) in [6.45, 7) is 7.81. The van der Waals surface area contributed by atoms with Crippen LogP contribution < -0.4 is 5.46 Å². The average molecular weight is 338 g/mol. The Bertz CT molecular complexity index is 723. The minimum absolute atomic E-state index is 0.464. The molecule has 0 N–H and O–H groups in total. The van der Waals surface area contributed by atoms with Crippen LogP contribution >= 0.6 is 0 Å². The number of alkyl halides is 3. The third-order valence-electron chi connectivity index (χ3n) is 4.59. The van der Waals surface area contributed by atoms with Crippen molar-refractivity contribution in [1.29, 1.82) is 0 Å². The van der Waals surface area contributed by atoms with E-state index >= 15 is 0 Å². The molecule has 0 spiro atoms. The van der Waals surface area contributed by atoms with Gasteiger partial charge in [-0.15, -0.1) is 0 Å². The Morgan fingerprint density at radius 1 is 1.00 bits per heavy atom. The molecule has 2 heterocycles. The summed E-state index contributed by atoms with van der Waals surface area (Å²) in [6, 6.07) is 4.82. The van der Waals surface area contributed by atoms with E-state index in [1.807, 2.05) is 27.7 Å². The zero-order valence-electron chi connectivity index (χ0n) is 13.9. The minimum atomic E-state index is -4.35. The fraction of sp³-hybridized carbons (Fsp3) is 0.438. The van der Waals surface area contributed by atoms with Crippen molar-refractivity contribution < 1.29 is 22.5 Å². The van der Waals surface area contributed by atoms with Gasteiger partial charge in [0.25, 0.3) is 0 Å². The second-order valence-corrected chi connectivity index (χ2v) is 6.85. The van der Waals surface area contributed by atoms with Gasteiger partial charge in [0, 0.05) is 17.9 Å². The lowest BCUT2D eigenvalue weighted by atomic mass is 9.82. The summed E-state index contributed by atoms with van der Waals surface area (Å²) in [5.74, 6) is 0. The fourth-order valence-electron chi connectivity index (χ4n) is 2.38. The van der Waals surface area contributed by atoms with E-state index in [0.29, 0.717) is 11.2 Å². The molecule has 2 aromatic rings. The predicted molar refractivity (Wildman–Crippen MR) is 84.3 cm³/mol. The Hall–Kier alpha value is -1.80. The van der Waals surface area contributed by atoms with Crippen LogP contribution in [-0.4, -0.2) is 28.1 Å². The summed E-state index contributed by atoms with van der Waals surface area (Å²) >= 11 is 0. The molecule has 8 heteroatoms. The first-order valence-corrected chi connectivity index (χ1v) is 7.57. The van der Waals surface area contributed by atoms with Gasteiger partial charge in [0.2, 0.25) is 0 Å². The van der Waals surface area contributed by atoms with Gasteiger partial charge in [-0.1, -0.05) is 0 Å². The Morgan fingerprint density at radius 2 is 1.54 bits per heavy atom. The van der Waals surface area contributed by atoms with Crippen molar-refractivity contribution >= 4 is 12.6 Å². The Labute approximate surface area is 138 Å². The van der Waals surface area contributed by atoms with Gasteiger partial charge in [0.15, 0.2) is 0 Å². The summed E-state index contributed by atoms with van der Waals surface area (Å²) in [5.41, 5.74) is -0.369. The van der Waals surface area contributed by atoms with E-state index in [0.717, 1.165) is 12.1 Å². The monoisotopic (exact) mass is 338 g/mol. The van der Waals surface area contributed by atoms with E-state index in [9.17, 15) is 13.2 Å². The van der Waals surface area contributed by atoms with Gasteiger partial charge in [-0.25, -0.2) is 4.68 Å². The van der Waals surface area contributed by atoms with Crippen molar-refractivity contribution in [2.75, 3.05) is 0 Å². The van der Waals surface area contributed by atoms with E-state index in [-0.39, 0.29) is 0 Å². The molecule has 4 nitrogen and oxygen atoms in total. The number of benzene rings is 1. The lowest BCUT2D eigenvalue weighted by Crippen LogP contribution is -2.41. The molecule has 0 bridgehead atoms. The van der Waals surface area contributed by atoms with Crippen LogP contribution in [0.2, 0.25) is 0 Å². The molecular formula is C16H18BF3N2O2. The number of hydrogen-bond donors (Lipinski definition) is 0. The third kappa shape index (κ3) is 2.96. The number of hydrogen-bond acceptors (Lipinski definition) is 3. The normalized spacial score (nSPS) is 19.7. The van der Waals surface area contributed by atoms with Crippen LogP contribution in [-0.2, 0) is 15.5 Å². The summed E-state index contributed by atoms with van der Waals surface area (Å²) in [4.78, 5) is 0. The van der Waals surface area contributed by atoms with E-state index in [2.05, 4.69) is 5.10 Å². The predicted octanol–water partition coefficient (Wildman–Crippen LogP) is 3.19. The van der Waals surface area contributed by atoms with Crippen LogP contribution in [0.1, 0.15) is 33.3 Å². The van der Waals surface area contributed by atoms with Gasteiger partial charge < -0.3 is 9.31 Å². The SMILES string of the molecule is CC1(C)OB(c2cnn(-c3ccc(C(F)(F)F)cc3)c2)OC1(C)C. The molecule has 1 aliphatic rings. The zero-order valence-corrected chi connectivity index (χ0v) is 13.9. The molecule has 128 valence electrons. The summed E-state index contributed by atoms with van der Waals surface area (Å²) in [6.07, 6.45) is -1.05. The molecule has 0 atom stereocenters. The highest BCUT2D eigenvalue weighted by atomic mass is 19.4. The average Bonchev–Trinajstić information content (AvgIpc) is 3.02. The van der Waals surface area contributed by atoms with Crippen molar-refractivity contribution in [3.63, 3.8) is 0 Å². The van der Waals surface area contributed by atoms with Gasteiger partial charge in [-0.3, -0.25) is 0 Å². The minimum Gasteiger partial charge on any atom is -0.399 e. The lowest BCUT2D eigenvalue weighted by molar-refractivity contribution is -0.137. The summed E-state index contributed by atoms with van der Waals surface area (Å²) < 4.78 is 51.2. The first kappa shape index (κ1) is 17.0. The van der Waals surface area contributed by atoms with Crippen LogP contribution in [0, 0.1) is 0 Å². The highest BCUT2D eigenvalue weighted by molar-refractivity contribution is 6.62. The van der Waals surface area contributed by atoms with Gasteiger partial charge in [0.05, 0.1) is 22.5 Å². The van der Waals surface area contributed by atoms with Crippen molar-refractivity contribution in [3.8, 4) is 5.69 Å². The second kappa shape index (κ2) is 5.36. The van der Waals surface area contributed by atoms with Crippen molar-refractivity contribution in [2.45, 2.75) is 45.1 Å². The van der Waals surface area contributed by atoms with Crippen molar-refractivity contribution in [1.82, 2.24) is 9.78 Å². The number of aromatic nitrogens is 2. The second-order valence-electron chi connectivity index (χ2n) is 6.85. The maximum atomic E-state index is 12.6. The molecule has 0 unspecified atom stereocenters. The maximum absolute atomic E-state index is 12.6. The quantitative estimate of drug-likeness (QED) is 0.789. The van der Waals surface area contributed by atoms with Crippen molar-refractivity contribution in [2.24, 2.45) is 0 Å². The van der Waals surface area contributed by atoms with Crippen LogP contribution in [0.5, 0.6) is 0 Å². The van der Waals surface area contributed by atoms with E-state index in [4.69, 9.17) is 9.31 Å². The summed E-state index contributed by atoms with van der Waals surface area (Å²) in [7, 11) is -0.557. The van der Waals surface area contributed by atoms with E-state index in [1.165, 1.54) is 16.8 Å². The molecule has 1 aliphatic heterocycles. The van der Waals surface area contributed by atoms with Gasteiger partial charge in [-0.2, -0.15) is 18.3 Å². The molecular weight excluding hydrogens is 320 g/mol. The maximum Gasteiger partial charge on any atom is 0.498 e. The standard InChI is InChI=1S/C16H18BF3N2O2/c1-14(2)15(3,4)24-17(23-14)12-9-21-22(10-12)13-7-5-11(6-8-13)16(18,19)20/h5-10H,1-4H3. The molecule has 0 amide bonds. The molecule has 1 aromatic heterocycles. The Morgan fingerprint density at radius 3 is 2.04 bits per heavy atom. The molecule has 1 fully saturated rings. The molecule has 1 aromatic carbocycles.